The standard InChI is InChI=1S/C14H18F3NO2/c1-3-13(2,12(19)20)18(14(15,16)17)10-9-11-7-5-4-6-8-11/h4-8H,3,9-10H2,1-2H3,(H,19,20). The van der Waals surface area contributed by atoms with Crippen molar-refractivity contribution in [1.29, 1.82) is 0 Å². The lowest BCUT2D eigenvalue weighted by Gasteiger charge is -2.38. The highest BCUT2D eigenvalue weighted by Crippen LogP contribution is 2.32. The number of hydrogen-bond donors (Lipinski definition) is 1. The Bertz CT molecular complexity index is 447. The zero-order chi connectivity index (χ0) is 15.4. The predicted octanol–water partition coefficient (Wildman–Crippen LogP) is 3.30. The minimum atomic E-state index is -4.68. The van der Waals surface area contributed by atoms with E-state index in [1.807, 2.05) is 0 Å². The largest absolute Gasteiger partial charge is 0.480 e. The summed E-state index contributed by atoms with van der Waals surface area (Å²) >= 11 is 0. The minimum absolute atomic E-state index is 0.106. The predicted molar refractivity (Wildman–Crippen MR) is 69.2 cm³/mol. The fraction of sp³-hybridized carbons (Fsp3) is 0.500. The van der Waals surface area contributed by atoms with E-state index < -0.39 is 17.8 Å². The van der Waals surface area contributed by atoms with Crippen LogP contribution < -0.4 is 0 Å². The van der Waals surface area contributed by atoms with Crippen LogP contribution in [-0.2, 0) is 11.2 Å². The molecule has 112 valence electrons. The van der Waals surface area contributed by atoms with Crippen molar-refractivity contribution in [2.45, 2.75) is 38.5 Å². The van der Waals surface area contributed by atoms with Crippen molar-refractivity contribution < 1.29 is 23.1 Å². The average molecular weight is 289 g/mol. The molecule has 1 rings (SSSR count). The summed E-state index contributed by atoms with van der Waals surface area (Å²) in [5.41, 5.74) is -1.21. The molecule has 0 aliphatic carbocycles. The van der Waals surface area contributed by atoms with Crippen LogP contribution in [0.3, 0.4) is 0 Å². The molecule has 0 fully saturated rings. The minimum Gasteiger partial charge on any atom is -0.480 e. The normalized spacial score (nSPS) is 15.1. The van der Waals surface area contributed by atoms with Gasteiger partial charge < -0.3 is 5.11 Å². The van der Waals surface area contributed by atoms with Gasteiger partial charge in [0.25, 0.3) is 0 Å². The molecule has 1 unspecified atom stereocenters. The van der Waals surface area contributed by atoms with Gasteiger partial charge in [-0.1, -0.05) is 37.3 Å². The van der Waals surface area contributed by atoms with Gasteiger partial charge in [0.2, 0.25) is 0 Å². The van der Waals surface area contributed by atoms with Crippen LogP contribution in [0.1, 0.15) is 25.8 Å². The molecule has 0 aliphatic heterocycles. The molecule has 0 heterocycles. The molecule has 0 saturated carbocycles. The Morgan fingerprint density at radius 1 is 1.25 bits per heavy atom. The lowest BCUT2D eigenvalue weighted by molar-refractivity contribution is -0.275. The van der Waals surface area contributed by atoms with E-state index in [4.69, 9.17) is 5.11 Å². The van der Waals surface area contributed by atoms with E-state index >= 15 is 0 Å². The second kappa shape index (κ2) is 6.26. The van der Waals surface area contributed by atoms with Crippen molar-refractivity contribution in [1.82, 2.24) is 4.90 Å². The summed E-state index contributed by atoms with van der Waals surface area (Å²) in [7, 11) is 0. The molecule has 1 aromatic carbocycles. The number of carboxylic acid groups (broad SMARTS) is 1. The molecule has 1 atom stereocenters. The van der Waals surface area contributed by atoms with Crippen molar-refractivity contribution in [3.8, 4) is 0 Å². The van der Waals surface area contributed by atoms with Crippen LogP contribution in [-0.4, -0.2) is 34.4 Å². The maximum absolute atomic E-state index is 13.1. The molecule has 0 aliphatic rings. The molecule has 0 amide bonds. The lowest BCUT2D eigenvalue weighted by Crippen LogP contribution is -2.58. The fourth-order valence-corrected chi connectivity index (χ4v) is 2.00. The summed E-state index contributed by atoms with van der Waals surface area (Å²) in [5, 5.41) is 9.12. The highest BCUT2D eigenvalue weighted by molar-refractivity contribution is 5.78. The Morgan fingerprint density at radius 2 is 1.80 bits per heavy atom. The van der Waals surface area contributed by atoms with Gasteiger partial charge in [-0.05, 0) is 25.3 Å². The second-order valence-electron chi connectivity index (χ2n) is 4.79. The SMILES string of the molecule is CCC(C)(C(=O)O)N(CCc1ccccc1)C(F)(F)F. The Balaban J connectivity index is 2.94. The fourth-order valence-electron chi connectivity index (χ4n) is 2.00. The van der Waals surface area contributed by atoms with Gasteiger partial charge in [-0.2, -0.15) is 18.1 Å². The molecule has 20 heavy (non-hydrogen) atoms. The maximum atomic E-state index is 13.1. The van der Waals surface area contributed by atoms with Crippen LogP contribution in [0, 0.1) is 0 Å². The monoisotopic (exact) mass is 289 g/mol. The number of hydrogen-bond acceptors (Lipinski definition) is 2. The van der Waals surface area contributed by atoms with E-state index in [9.17, 15) is 18.0 Å². The van der Waals surface area contributed by atoms with Gasteiger partial charge in [-0.3, -0.25) is 4.79 Å². The summed E-state index contributed by atoms with van der Waals surface area (Å²) in [5.74, 6) is -1.47. The van der Waals surface area contributed by atoms with Crippen LogP contribution in [0.15, 0.2) is 30.3 Å². The van der Waals surface area contributed by atoms with Gasteiger partial charge in [0, 0.05) is 6.54 Å². The third-order valence-corrected chi connectivity index (χ3v) is 3.52. The summed E-state index contributed by atoms with van der Waals surface area (Å²) < 4.78 is 39.4. The smallest absolute Gasteiger partial charge is 0.460 e. The van der Waals surface area contributed by atoms with Gasteiger partial charge in [0.05, 0.1) is 0 Å². The maximum Gasteiger partial charge on any atom is 0.460 e. The number of aliphatic carboxylic acids is 1. The first-order valence-corrected chi connectivity index (χ1v) is 6.33. The Labute approximate surface area is 116 Å². The van der Waals surface area contributed by atoms with Crippen molar-refractivity contribution in [3.63, 3.8) is 0 Å². The molecule has 3 nitrogen and oxygen atoms in total. The number of carboxylic acids is 1. The van der Waals surface area contributed by atoms with Crippen molar-refractivity contribution in [3.05, 3.63) is 35.9 Å². The first kappa shape index (κ1) is 16.5. The zero-order valence-electron chi connectivity index (χ0n) is 11.4. The molecular weight excluding hydrogens is 271 g/mol. The van der Waals surface area contributed by atoms with Gasteiger partial charge in [-0.15, -0.1) is 0 Å². The molecule has 0 saturated heterocycles. The van der Waals surface area contributed by atoms with E-state index in [2.05, 4.69) is 0 Å². The Hall–Kier alpha value is -1.56. The topological polar surface area (TPSA) is 40.5 Å². The number of nitrogens with zero attached hydrogens (tertiary/aromatic N) is 1. The number of halogens is 3. The van der Waals surface area contributed by atoms with Crippen LogP contribution >= 0.6 is 0 Å². The zero-order valence-corrected chi connectivity index (χ0v) is 11.4. The molecule has 1 aromatic rings. The molecule has 0 bridgehead atoms. The molecule has 6 heteroatoms. The molecule has 0 radical (unpaired) electrons. The van der Waals surface area contributed by atoms with Crippen LogP contribution in [0.5, 0.6) is 0 Å². The van der Waals surface area contributed by atoms with Crippen LogP contribution in [0.2, 0.25) is 0 Å². The third kappa shape index (κ3) is 3.72. The quantitative estimate of drug-likeness (QED) is 0.817. The third-order valence-electron chi connectivity index (χ3n) is 3.52. The summed E-state index contributed by atoms with van der Waals surface area (Å²) in [6.07, 6.45) is -4.67. The number of rotatable bonds is 6. The number of benzene rings is 1. The van der Waals surface area contributed by atoms with Gasteiger partial charge >= 0.3 is 12.3 Å². The van der Waals surface area contributed by atoms with Crippen molar-refractivity contribution in [2.24, 2.45) is 0 Å². The van der Waals surface area contributed by atoms with E-state index in [1.165, 1.54) is 6.92 Å². The van der Waals surface area contributed by atoms with Crippen LogP contribution in [0.4, 0.5) is 13.2 Å². The van der Waals surface area contributed by atoms with Crippen LogP contribution in [0.25, 0.3) is 0 Å². The first-order valence-electron chi connectivity index (χ1n) is 6.33. The highest BCUT2D eigenvalue weighted by Gasteiger charge is 2.51. The van der Waals surface area contributed by atoms with Gasteiger partial charge in [0.15, 0.2) is 0 Å². The van der Waals surface area contributed by atoms with Gasteiger partial charge in [0.1, 0.15) is 5.54 Å². The summed E-state index contributed by atoms with van der Waals surface area (Å²) in [6.45, 7) is 2.16. The van der Waals surface area contributed by atoms with E-state index in [0.717, 1.165) is 12.5 Å². The summed E-state index contributed by atoms with van der Waals surface area (Å²) in [6, 6.07) is 8.70. The molecule has 0 aromatic heterocycles. The Kier molecular flexibility index (Phi) is 5.16. The highest BCUT2D eigenvalue weighted by atomic mass is 19.4. The lowest BCUT2D eigenvalue weighted by atomic mass is 9.96. The molecule has 0 spiro atoms. The van der Waals surface area contributed by atoms with Gasteiger partial charge in [-0.25, -0.2) is 0 Å². The molecular formula is C14H18F3NO2. The Morgan fingerprint density at radius 3 is 2.20 bits per heavy atom. The number of carbonyl (C=O) groups is 1. The second-order valence-corrected chi connectivity index (χ2v) is 4.79. The molecule has 1 N–H and O–H groups in total. The van der Waals surface area contributed by atoms with E-state index in [1.54, 1.807) is 30.3 Å². The number of alkyl halides is 3. The van der Waals surface area contributed by atoms with Crippen molar-refractivity contribution in [2.75, 3.05) is 6.54 Å². The summed E-state index contributed by atoms with van der Waals surface area (Å²) in [4.78, 5) is 11.3. The first-order chi connectivity index (χ1) is 9.21. The van der Waals surface area contributed by atoms with Crippen molar-refractivity contribution >= 4 is 5.97 Å². The van der Waals surface area contributed by atoms with E-state index in [0.29, 0.717) is 0 Å². The van der Waals surface area contributed by atoms with E-state index in [-0.39, 0.29) is 24.3 Å². The average Bonchev–Trinajstić information content (AvgIpc) is 2.38.